The average Bonchev–Trinajstić information content (AvgIpc) is 3.31. The number of rotatable bonds is 7. The van der Waals surface area contributed by atoms with Crippen LogP contribution in [-0.2, 0) is 11.0 Å². The molecule has 2 fully saturated rings. The summed E-state index contributed by atoms with van der Waals surface area (Å²) < 4.78 is 38.3. The molecule has 5 nitrogen and oxygen atoms in total. The number of halogens is 3. The van der Waals surface area contributed by atoms with Gasteiger partial charge < -0.3 is 10.2 Å². The van der Waals surface area contributed by atoms with Crippen LogP contribution >= 0.6 is 0 Å². The topological polar surface area (TPSA) is 52.7 Å². The first-order chi connectivity index (χ1) is 15.2. The molecule has 1 saturated heterocycles. The molecule has 1 N–H and O–H groups in total. The molecular formula is C24H34F3N3O2. The quantitative estimate of drug-likeness (QED) is 0.674. The molecule has 2 aliphatic rings. The number of alkyl halides is 3. The molecule has 0 bridgehead atoms. The lowest BCUT2D eigenvalue weighted by Gasteiger charge is -2.41. The van der Waals surface area contributed by atoms with Gasteiger partial charge in [-0.05, 0) is 48.9 Å². The summed E-state index contributed by atoms with van der Waals surface area (Å²) in [5.41, 5.74) is -0.508. The summed E-state index contributed by atoms with van der Waals surface area (Å²) in [6.07, 6.45) is 0.980. The number of carbonyl (C=O) groups excluding carboxylic acids is 2. The van der Waals surface area contributed by atoms with Crippen molar-refractivity contribution >= 4 is 11.8 Å². The monoisotopic (exact) mass is 453 g/mol. The molecule has 1 saturated carbocycles. The smallest absolute Gasteiger partial charge is 0.354 e. The summed E-state index contributed by atoms with van der Waals surface area (Å²) >= 11 is 0. The Labute approximate surface area is 188 Å². The number of nitrogens with zero attached hydrogens (tertiary/aromatic N) is 2. The van der Waals surface area contributed by atoms with Gasteiger partial charge in [0.15, 0.2) is 0 Å². The van der Waals surface area contributed by atoms with Crippen LogP contribution in [-0.4, -0.2) is 60.4 Å². The first-order valence-corrected chi connectivity index (χ1v) is 11.7. The van der Waals surface area contributed by atoms with E-state index in [9.17, 15) is 22.8 Å². The summed E-state index contributed by atoms with van der Waals surface area (Å²) in [5, 5.41) is 3.13. The predicted octanol–water partition coefficient (Wildman–Crippen LogP) is 4.18. The van der Waals surface area contributed by atoms with E-state index in [1.165, 1.54) is 12.1 Å². The molecule has 2 atom stereocenters. The van der Waals surface area contributed by atoms with Gasteiger partial charge in [-0.25, -0.2) is 0 Å². The number of benzene rings is 1. The molecule has 32 heavy (non-hydrogen) atoms. The SMILES string of the molecule is CC[C@@H](C)CNC(=O)[C@H](C1CCCC1)N1CCN(C(=O)c2ccc(C(F)(F)F)cc2)CC1. The number of hydrogen-bond acceptors (Lipinski definition) is 3. The predicted molar refractivity (Wildman–Crippen MR) is 117 cm³/mol. The van der Waals surface area contributed by atoms with Gasteiger partial charge in [0.25, 0.3) is 5.91 Å². The first kappa shape index (κ1) is 24.6. The maximum Gasteiger partial charge on any atom is 0.416 e. The van der Waals surface area contributed by atoms with Crippen LogP contribution in [0.15, 0.2) is 24.3 Å². The Morgan fingerprint density at radius 1 is 1.06 bits per heavy atom. The number of carbonyl (C=O) groups is 2. The van der Waals surface area contributed by atoms with E-state index in [0.717, 1.165) is 44.2 Å². The van der Waals surface area contributed by atoms with E-state index >= 15 is 0 Å². The Morgan fingerprint density at radius 2 is 1.66 bits per heavy atom. The molecule has 178 valence electrons. The zero-order chi connectivity index (χ0) is 23.3. The maximum atomic E-state index is 13.1. The van der Waals surface area contributed by atoms with Gasteiger partial charge in [-0.15, -0.1) is 0 Å². The van der Waals surface area contributed by atoms with E-state index in [0.29, 0.717) is 44.6 Å². The van der Waals surface area contributed by atoms with Gasteiger partial charge in [0.1, 0.15) is 0 Å². The third-order valence-electron chi connectivity index (χ3n) is 6.89. The molecule has 1 aliphatic heterocycles. The molecule has 3 rings (SSSR count). The summed E-state index contributed by atoms with van der Waals surface area (Å²) in [5.74, 6) is 0.585. The highest BCUT2D eigenvalue weighted by atomic mass is 19.4. The number of piperazine rings is 1. The lowest BCUT2D eigenvalue weighted by Crippen LogP contribution is -2.58. The second kappa shape index (κ2) is 10.7. The van der Waals surface area contributed by atoms with E-state index in [4.69, 9.17) is 0 Å². The van der Waals surface area contributed by atoms with Crippen molar-refractivity contribution in [1.82, 2.24) is 15.1 Å². The molecule has 8 heteroatoms. The Balaban J connectivity index is 1.61. The van der Waals surface area contributed by atoms with Crippen molar-refractivity contribution in [2.45, 2.75) is 58.2 Å². The lowest BCUT2D eigenvalue weighted by atomic mass is 9.94. The van der Waals surface area contributed by atoms with E-state index in [2.05, 4.69) is 24.1 Å². The third kappa shape index (κ3) is 6.03. The molecule has 0 spiro atoms. The largest absolute Gasteiger partial charge is 0.416 e. The van der Waals surface area contributed by atoms with Crippen molar-refractivity contribution in [3.63, 3.8) is 0 Å². The second-order valence-electron chi connectivity index (χ2n) is 9.15. The van der Waals surface area contributed by atoms with Gasteiger partial charge in [-0.2, -0.15) is 13.2 Å². The summed E-state index contributed by atoms with van der Waals surface area (Å²) in [7, 11) is 0. The van der Waals surface area contributed by atoms with Crippen LogP contribution in [0.4, 0.5) is 13.2 Å². The Kier molecular flexibility index (Phi) is 8.20. The number of hydrogen-bond donors (Lipinski definition) is 1. The highest BCUT2D eigenvalue weighted by Gasteiger charge is 2.37. The molecule has 0 aromatic heterocycles. The molecule has 1 aliphatic carbocycles. The standard InChI is InChI=1S/C24H34F3N3O2/c1-3-17(2)16-28-22(31)21(18-6-4-5-7-18)29-12-14-30(15-13-29)23(32)19-8-10-20(11-9-19)24(25,26)27/h8-11,17-18,21H,3-7,12-16H2,1-2H3,(H,28,31)/t17-,21+/m1/s1. The van der Waals surface area contributed by atoms with Crippen molar-refractivity contribution in [3.05, 3.63) is 35.4 Å². The van der Waals surface area contributed by atoms with Crippen LogP contribution in [0.1, 0.15) is 61.9 Å². The second-order valence-corrected chi connectivity index (χ2v) is 9.15. The summed E-state index contributed by atoms with van der Waals surface area (Å²) in [4.78, 5) is 29.7. The van der Waals surface area contributed by atoms with Crippen molar-refractivity contribution in [2.24, 2.45) is 11.8 Å². The Hall–Kier alpha value is -2.09. The van der Waals surface area contributed by atoms with E-state index in [-0.39, 0.29) is 23.4 Å². The van der Waals surface area contributed by atoms with Crippen LogP contribution in [0.2, 0.25) is 0 Å². The van der Waals surface area contributed by atoms with E-state index in [1.807, 2.05) is 0 Å². The minimum atomic E-state index is -4.42. The Bertz CT molecular complexity index is 768. The van der Waals surface area contributed by atoms with Crippen LogP contribution in [0.25, 0.3) is 0 Å². The van der Waals surface area contributed by atoms with Gasteiger partial charge in [0.2, 0.25) is 5.91 Å². The van der Waals surface area contributed by atoms with Crippen LogP contribution in [0, 0.1) is 11.8 Å². The van der Waals surface area contributed by atoms with Crippen molar-refractivity contribution in [2.75, 3.05) is 32.7 Å². The fourth-order valence-corrected chi connectivity index (χ4v) is 4.66. The zero-order valence-corrected chi connectivity index (χ0v) is 19.0. The van der Waals surface area contributed by atoms with Gasteiger partial charge in [0.05, 0.1) is 11.6 Å². The van der Waals surface area contributed by atoms with Gasteiger partial charge in [-0.1, -0.05) is 33.1 Å². The molecule has 0 unspecified atom stereocenters. The van der Waals surface area contributed by atoms with E-state index < -0.39 is 11.7 Å². The molecule has 1 aromatic carbocycles. The molecule has 0 radical (unpaired) electrons. The highest BCUT2D eigenvalue weighted by Crippen LogP contribution is 2.32. The van der Waals surface area contributed by atoms with Crippen molar-refractivity contribution in [3.8, 4) is 0 Å². The van der Waals surface area contributed by atoms with Crippen LogP contribution < -0.4 is 5.32 Å². The third-order valence-corrected chi connectivity index (χ3v) is 6.89. The van der Waals surface area contributed by atoms with E-state index in [1.54, 1.807) is 4.90 Å². The number of amides is 2. The lowest BCUT2D eigenvalue weighted by molar-refractivity contribution is -0.137. The van der Waals surface area contributed by atoms with Gasteiger partial charge in [0, 0.05) is 38.3 Å². The van der Waals surface area contributed by atoms with Crippen LogP contribution in [0.3, 0.4) is 0 Å². The van der Waals surface area contributed by atoms with Crippen LogP contribution in [0.5, 0.6) is 0 Å². The first-order valence-electron chi connectivity index (χ1n) is 11.7. The summed E-state index contributed by atoms with van der Waals surface area (Å²) in [6, 6.07) is 4.19. The average molecular weight is 454 g/mol. The molecule has 1 heterocycles. The minimum Gasteiger partial charge on any atom is -0.354 e. The Morgan fingerprint density at radius 3 is 2.19 bits per heavy atom. The number of nitrogens with one attached hydrogen (secondary N) is 1. The zero-order valence-electron chi connectivity index (χ0n) is 19.0. The fraction of sp³-hybridized carbons (Fsp3) is 0.667. The fourth-order valence-electron chi connectivity index (χ4n) is 4.66. The molecule has 2 amide bonds. The highest BCUT2D eigenvalue weighted by molar-refractivity contribution is 5.94. The van der Waals surface area contributed by atoms with Gasteiger partial charge >= 0.3 is 6.18 Å². The van der Waals surface area contributed by atoms with Crippen molar-refractivity contribution in [1.29, 1.82) is 0 Å². The van der Waals surface area contributed by atoms with Crippen molar-refractivity contribution < 1.29 is 22.8 Å². The normalized spacial score (nSPS) is 20.2. The molecular weight excluding hydrogens is 419 g/mol. The van der Waals surface area contributed by atoms with Gasteiger partial charge in [-0.3, -0.25) is 14.5 Å². The molecule has 1 aromatic rings. The minimum absolute atomic E-state index is 0.0831. The maximum absolute atomic E-state index is 13.1. The summed E-state index contributed by atoms with van der Waals surface area (Å²) in [6.45, 7) is 7.00.